The Balaban J connectivity index is 1.73. The van der Waals surface area contributed by atoms with Crippen molar-refractivity contribution >= 4 is 0 Å². The standard InChI is InChI=1S/C26H40O6/c1-14(2)16-11-15-7-8-20-25(3,4)9-6-10-26(20,5)17(15)12-18(16)31-24-23(30)22(29)21(28)19(13-27)32-24/h11-12,14,19-24,27-30H,6-10,13H2,1-5H3/t19-,20+,21+,22+,23-,24+,26-/m1/s1. The fraction of sp³-hybridized carbons (Fsp3) is 0.769. The van der Waals surface area contributed by atoms with Crippen LogP contribution < -0.4 is 4.74 Å². The summed E-state index contributed by atoms with van der Waals surface area (Å²) in [6, 6.07) is 4.39. The van der Waals surface area contributed by atoms with Crippen molar-refractivity contribution in [2.24, 2.45) is 11.3 Å². The maximum absolute atomic E-state index is 10.5. The van der Waals surface area contributed by atoms with Crippen LogP contribution >= 0.6 is 0 Å². The summed E-state index contributed by atoms with van der Waals surface area (Å²) < 4.78 is 11.8. The maximum atomic E-state index is 10.5. The number of rotatable bonds is 4. The Morgan fingerprint density at radius 3 is 2.44 bits per heavy atom. The normalized spacial score (nSPS) is 38.8. The molecule has 0 unspecified atom stereocenters. The Bertz CT molecular complexity index is 834. The van der Waals surface area contributed by atoms with Crippen molar-refractivity contribution in [3.8, 4) is 5.75 Å². The van der Waals surface area contributed by atoms with E-state index in [0.717, 1.165) is 18.4 Å². The zero-order valence-electron chi connectivity index (χ0n) is 20.0. The molecule has 2 fully saturated rings. The third kappa shape index (κ3) is 3.88. The minimum Gasteiger partial charge on any atom is -0.462 e. The van der Waals surface area contributed by atoms with Crippen molar-refractivity contribution in [2.75, 3.05) is 6.61 Å². The predicted molar refractivity (Wildman–Crippen MR) is 122 cm³/mol. The van der Waals surface area contributed by atoms with Gasteiger partial charge in [0.1, 0.15) is 30.2 Å². The Kier molecular flexibility index (Phi) is 6.40. The molecule has 1 aromatic rings. The molecular formula is C26H40O6. The Hall–Kier alpha value is -1.18. The molecular weight excluding hydrogens is 408 g/mol. The Morgan fingerprint density at radius 2 is 1.78 bits per heavy atom. The SMILES string of the molecule is CC(C)c1cc2c(cc1O[C@H]1O[C@H](CO)[C@H](O)[C@H](O)[C@H]1O)[C@@]1(C)CCCC(C)(C)[C@@H]1CC2. The van der Waals surface area contributed by atoms with Gasteiger partial charge in [-0.05, 0) is 71.1 Å². The summed E-state index contributed by atoms with van der Waals surface area (Å²) in [5.74, 6) is 1.45. The van der Waals surface area contributed by atoms with Crippen molar-refractivity contribution in [1.82, 2.24) is 0 Å². The molecule has 0 amide bonds. The quantitative estimate of drug-likeness (QED) is 0.565. The molecule has 6 heteroatoms. The van der Waals surface area contributed by atoms with Crippen molar-refractivity contribution in [1.29, 1.82) is 0 Å². The molecule has 32 heavy (non-hydrogen) atoms. The minimum absolute atomic E-state index is 0.0678. The van der Waals surface area contributed by atoms with Gasteiger partial charge in [0.15, 0.2) is 0 Å². The highest BCUT2D eigenvalue weighted by molar-refractivity contribution is 5.49. The molecule has 0 spiro atoms. The van der Waals surface area contributed by atoms with Crippen LogP contribution in [0.15, 0.2) is 12.1 Å². The lowest BCUT2D eigenvalue weighted by Gasteiger charge is -2.54. The van der Waals surface area contributed by atoms with Gasteiger partial charge in [-0.15, -0.1) is 0 Å². The second-order valence-electron chi connectivity index (χ2n) is 11.4. The minimum atomic E-state index is -1.45. The molecule has 1 aromatic carbocycles. The number of aryl methyl sites for hydroxylation is 1. The van der Waals surface area contributed by atoms with Crippen molar-refractivity contribution < 1.29 is 29.9 Å². The topological polar surface area (TPSA) is 99.4 Å². The number of hydrogen-bond acceptors (Lipinski definition) is 6. The van der Waals surface area contributed by atoms with E-state index in [1.54, 1.807) is 0 Å². The second-order valence-corrected chi connectivity index (χ2v) is 11.4. The van der Waals surface area contributed by atoms with Crippen LogP contribution in [0.5, 0.6) is 5.75 Å². The Labute approximate surface area is 191 Å². The summed E-state index contributed by atoms with van der Waals surface area (Å²) in [7, 11) is 0. The monoisotopic (exact) mass is 448 g/mol. The number of fused-ring (bicyclic) bond motifs is 3. The molecule has 180 valence electrons. The van der Waals surface area contributed by atoms with Gasteiger partial charge >= 0.3 is 0 Å². The van der Waals surface area contributed by atoms with E-state index in [2.05, 4.69) is 46.8 Å². The van der Waals surface area contributed by atoms with Crippen LogP contribution in [0.1, 0.15) is 82.9 Å². The third-order valence-electron chi connectivity index (χ3n) is 8.50. The van der Waals surface area contributed by atoms with Gasteiger partial charge in [0.05, 0.1) is 6.61 Å². The number of aliphatic hydroxyl groups is 4. The van der Waals surface area contributed by atoms with Crippen LogP contribution in [-0.2, 0) is 16.6 Å². The van der Waals surface area contributed by atoms with Crippen LogP contribution in [0.25, 0.3) is 0 Å². The zero-order valence-corrected chi connectivity index (χ0v) is 20.0. The molecule has 1 saturated heterocycles. The lowest BCUT2D eigenvalue weighted by atomic mass is 9.50. The first kappa shape index (κ1) is 24.0. The number of aliphatic hydroxyl groups excluding tert-OH is 4. The van der Waals surface area contributed by atoms with E-state index in [4.69, 9.17) is 9.47 Å². The van der Waals surface area contributed by atoms with E-state index >= 15 is 0 Å². The van der Waals surface area contributed by atoms with Gasteiger partial charge in [0.25, 0.3) is 0 Å². The van der Waals surface area contributed by atoms with Crippen molar-refractivity contribution in [3.63, 3.8) is 0 Å². The van der Waals surface area contributed by atoms with Crippen LogP contribution in [0.3, 0.4) is 0 Å². The van der Waals surface area contributed by atoms with Crippen molar-refractivity contribution in [2.45, 2.75) is 109 Å². The summed E-state index contributed by atoms with van der Waals surface area (Å²) in [5, 5.41) is 40.3. The van der Waals surface area contributed by atoms with E-state index in [1.807, 2.05) is 0 Å². The molecule has 6 nitrogen and oxygen atoms in total. The molecule has 1 saturated carbocycles. The highest BCUT2D eigenvalue weighted by Crippen LogP contribution is 2.57. The predicted octanol–water partition coefficient (Wildman–Crippen LogP) is 3.02. The average Bonchev–Trinajstić information content (AvgIpc) is 2.73. The highest BCUT2D eigenvalue weighted by Gasteiger charge is 2.50. The van der Waals surface area contributed by atoms with Crippen LogP contribution in [-0.4, -0.2) is 57.7 Å². The molecule has 1 aliphatic heterocycles. The first-order valence-electron chi connectivity index (χ1n) is 12.1. The Morgan fingerprint density at radius 1 is 1.06 bits per heavy atom. The molecule has 4 N–H and O–H groups in total. The zero-order chi connectivity index (χ0) is 23.4. The van der Waals surface area contributed by atoms with Crippen LogP contribution in [0.4, 0.5) is 0 Å². The molecule has 7 atom stereocenters. The second kappa shape index (κ2) is 8.55. The van der Waals surface area contributed by atoms with Gasteiger partial charge in [-0.3, -0.25) is 0 Å². The van der Waals surface area contributed by atoms with Crippen LogP contribution in [0.2, 0.25) is 0 Å². The van der Waals surface area contributed by atoms with E-state index in [-0.39, 0.29) is 11.3 Å². The fourth-order valence-corrected chi connectivity index (χ4v) is 6.68. The third-order valence-corrected chi connectivity index (χ3v) is 8.50. The van der Waals surface area contributed by atoms with E-state index in [9.17, 15) is 20.4 Å². The number of hydrogen-bond donors (Lipinski definition) is 4. The van der Waals surface area contributed by atoms with Gasteiger partial charge in [-0.1, -0.05) is 47.1 Å². The van der Waals surface area contributed by atoms with Crippen molar-refractivity contribution in [3.05, 3.63) is 28.8 Å². The van der Waals surface area contributed by atoms with Gasteiger partial charge < -0.3 is 29.9 Å². The molecule has 0 bridgehead atoms. The van der Waals surface area contributed by atoms with E-state index < -0.39 is 37.3 Å². The first-order chi connectivity index (χ1) is 15.0. The van der Waals surface area contributed by atoms with E-state index in [0.29, 0.717) is 17.1 Å². The highest BCUT2D eigenvalue weighted by atomic mass is 16.7. The lowest BCUT2D eigenvalue weighted by Crippen LogP contribution is -2.60. The molecule has 0 aromatic heterocycles. The first-order valence-corrected chi connectivity index (χ1v) is 12.1. The average molecular weight is 449 g/mol. The molecule has 2 aliphatic carbocycles. The van der Waals surface area contributed by atoms with E-state index in [1.165, 1.54) is 30.4 Å². The molecule has 0 radical (unpaired) electrons. The maximum Gasteiger partial charge on any atom is 0.229 e. The van der Waals surface area contributed by atoms with Crippen LogP contribution in [0, 0.1) is 11.3 Å². The summed E-state index contributed by atoms with van der Waals surface area (Å²) >= 11 is 0. The smallest absolute Gasteiger partial charge is 0.229 e. The summed E-state index contributed by atoms with van der Waals surface area (Å²) in [6.07, 6.45) is -0.570. The van der Waals surface area contributed by atoms with Gasteiger partial charge in [-0.2, -0.15) is 0 Å². The summed E-state index contributed by atoms with van der Waals surface area (Å²) in [6.45, 7) is 10.9. The van der Waals surface area contributed by atoms with Gasteiger partial charge in [0, 0.05) is 0 Å². The summed E-state index contributed by atoms with van der Waals surface area (Å²) in [4.78, 5) is 0. The number of benzene rings is 1. The molecule has 4 rings (SSSR count). The molecule has 3 aliphatic rings. The largest absolute Gasteiger partial charge is 0.462 e. The van der Waals surface area contributed by atoms with Gasteiger partial charge in [-0.25, -0.2) is 0 Å². The number of ether oxygens (including phenoxy) is 2. The fourth-order valence-electron chi connectivity index (χ4n) is 6.68. The lowest BCUT2D eigenvalue weighted by molar-refractivity contribution is -0.277. The molecule has 1 heterocycles. The summed E-state index contributed by atoms with van der Waals surface area (Å²) in [5.41, 5.74) is 4.10. The van der Waals surface area contributed by atoms with Gasteiger partial charge in [0.2, 0.25) is 6.29 Å².